The highest BCUT2D eigenvalue weighted by Gasteiger charge is 2.13. The number of rotatable bonds is 1. The first-order valence-corrected chi connectivity index (χ1v) is 5.83. The fraction of sp³-hybridized carbons (Fsp3) is 0. The van der Waals surface area contributed by atoms with E-state index < -0.39 is 5.82 Å². The largest absolute Gasteiger partial charge is 0.213 e. The van der Waals surface area contributed by atoms with E-state index in [0.29, 0.717) is 15.6 Å². The van der Waals surface area contributed by atoms with Gasteiger partial charge in [-0.2, -0.15) is 0 Å². The van der Waals surface area contributed by atoms with E-state index in [1.165, 1.54) is 0 Å². The number of hydrogen-bond acceptors (Lipinski definition) is 2. The molecule has 0 fully saturated rings. The van der Waals surface area contributed by atoms with Gasteiger partial charge in [-0.15, -0.1) is 0 Å². The predicted octanol–water partition coefficient (Wildman–Crippen LogP) is 4.90. The average Bonchev–Trinajstić information content (AvgIpc) is 2.23. The Hall–Kier alpha value is -0.610. The maximum atomic E-state index is 13.1. The highest BCUT2D eigenvalue weighted by molar-refractivity contribution is 6.35. The Labute approximate surface area is 116 Å². The quantitative estimate of drug-likeness (QED) is 0.700. The minimum absolute atomic E-state index is 0.158. The van der Waals surface area contributed by atoms with E-state index in [0.717, 1.165) is 0 Å². The fourth-order valence-corrected chi connectivity index (χ4v) is 2.12. The molecule has 1 aromatic heterocycles. The zero-order valence-corrected chi connectivity index (χ0v) is 11.0. The standard InChI is InChI=1S/C10H3Cl4FN2/c11-5-1-4(2-6(12)3-5)10-16-8(13)7(15)9(14)17-10/h1-3H. The third-order valence-electron chi connectivity index (χ3n) is 1.89. The number of aromatic nitrogens is 2. The van der Waals surface area contributed by atoms with Crippen LogP contribution in [0.15, 0.2) is 18.2 Å². The van der Waals surface area contributed by atoms with Crippen LogP contribution in [0.25, 0.3) is 11.4 Å². The summed E-state index contributed by atoms with van der Waals surface area (Å²) in [5.74, 6) is -0.698. The van der Waals surface area contributed by atoms with E-state index in [1.54, 1.807) is 18.2 Å². The summed E-state index contributed by atoms with van der Waals surface area (Å²) >= 11 is 22.8. The van der Waals surface area contributed by atoms with Crippen LogP contribution in [-0.4, -0.2) is 9.97 Å². The topological polar surface area (TPSA) is 25.8 Å². The van der Waals surface area contributed by atoms with Crippen LogP contribution < -0.4 is 0 Å². The molecule has 2 nitrogen and oxygen atoms in total. The lowest BCUT2D eigenvalue weighted by Gasteiger charge is -2.04. The molecular weight excluding hydrogens is 309 g/mol. The van der Waals surface area contributed by atoms with Gasteiger partial charge in [-0.1, -0.05) is 46.4 Å². The van der Waals surface area contributed by atoms with E-state index in [2.05, 4.69) is 9.97 Å². The van der Waals surface area contributed by atoms with E-state index in [4.69, 9.17) is 46.4 Å². The van der Waals surface area contributed by atoms with Gasteiger partial charge < -0.3 is 0 Å². The normalized spacial score (nSPS) is 10.6. The minimum Gasteiger partial charge on any atom is -0.213 e. The van der Waals surface area contributed by atoms with Crippen molar-refractivity contribution in [2.45, 2.75) is 0 Å². The van der Waals surface area contributed by atoms with Crippen molar-refractivity contribution < 1.29 is 4.39 Å². The summed E-state index contributed by atoms with van der Waals surface area (Å²) in [7, 11) is 0. The first kappa shape index (κ1) is 12.8. The minimum atomic E-state index is -0.856. The predicted molar refractivity (Wildman–Crippen MR) is 67.5 cm³/mol. The molecule has 1 heterocycles. The van der Waals surface area contributed by atoms with Crippen molar-refractivity contribution in [1.82, 2.24) is 9.97 Å². The Morgan fingerprint density at radius 3 is 1.76 bits per heavy atom. The smallest absolute Gasteiger partial charge is 0.197 e. The van der Waals surface area contributed by atoms with Gasteiger partial charge in [0.05, 0.1) is 0 Å². The third-order valence-corrected chi connectivity index (χ3v) is 2.83. The first-order valence-electron chi connectivity index (χ1n) is 4.32. The molecule has 0 unspecified atom stereocenters. The molecule has 88 valence electrons. The molecule has 0 aliphatic heterocycles. The second-order valence-corrected chi connectivity index (χ2v) is 4.69. The molecule has 17 heavy (non-hydrogen) atoms. The van der Waals surface area contributed by atoms with Crippen molar-refractivity contribution in [3.05, 3.63) is 44.4 Å². The van der Waals surface area contributed by atoms with Gasteiger partial charge in [0.15, 0.2) is 21.9 Å². The maximum Gasteiger partial charge on any atom is 0.197 e. The molecule has 7 heteroatoms. The van der Waals surface area contributed by atoms with Crippen LogP contribution in [-0.2, 0) is 0 Å². The summed E-state index contributed by atoms with van der Waals surface area (Å²) in [6, 6.07) is 4.71. The van der Waals surface area contributed by atoms with Crippen LogP contribution in [0.1, 0.15) is 0 Å². The van der Waals surface area contributed by atoms with Crippen LogP contribution in [0.4, 0.5) is 4.39 Å². The monoisotopic (exact) mass is 310 g/mol. The zero-order chi connectivity index (χ0) is 12.6. The molecule has 0 aliphatic carbocycles. The molecule has 0 aliphatic rings. The summed E-state index contributed by atoms with van der Waals surface area (Å²) in [4.78, 5) is 7.53. The summed E-state index contributed by atoms with van der Waals surface area (Å²) in [6.07, 6.45) is 0. The molecule has 0 saturated heterocycles. The first-order chi connectivity index (χ1) is 7.97. The maximum absolute atomic E-state index is 13.1. The van der Waals surface area contributed by atoms with E-state index in [-0.39, 0.29) is 16.1 Å². The lowest BCUT2D eigenvalue weighted by atomic mass is 10.2. The van der Waals surface area contributed by atoms with E-state index in [1.807, 2.05) is 0 Å². The molecule has 2 aromatic rings. The van der Waals surface area contributed by atoms with Gasteiger partial charge in [-0.3, -0.25) is 0 Å². The van der Waals surface area contributed by atoms with Gasteiger partial charge in [0.25, 0.3) is 0 Å². The Balaban J connectivity index is 2.60. The van der Waals surface area contributed by atoms with Crippen molar-refractivity contribution in [3.8, 4) is 11.4 Å². The summed E-state index contributed by atoms with van der Waals surface area (Å²) in [5.41, 5.74) is 0.506. The van der Waals surface area contributed by atoms with Crippen LogP contribution in [0.5, 0.6) is 0 Å². The summed E-state index contributed by atoms with van der Waals surface area (Å²) in [6.45, 7) is 0. The average molecular weight is 312 g/mol. The summed E-state index contributed by atoms with van der Waals surface area (Å²) in [5, 5.41) is 0.118. The molecule has 0 saturated carbocycles. The van der Waals surface area contributed by atoms with Gasteiger partial charge in [0.2, 0.25) is 0 Å². The molecule has 0 atom stereocenters. The number of halogens is 5. The molecule has 0 spiro atoms. The molecule has 0 bridgehead atoms. The van der Waals surface area contributed by atoms with Gasteiger partial charge in [-0.25, -0.2) is 14.4 Å². The highest BCUT2D eigenvalue weighted by Crippen LogP contribution is 2.28. The molecule has 0 amide bonds. The van der Waals surface area contributed by atoms with Gasteiger partial charge in [0.1, 0.15) is 0 Å². The van der Waals surface area contributed by atoms with Crippen LogP contribution in [0, 0.1) is 5.82 Å². The van der Waals surface area contributed by atoms with Crippen molar-refractivity contribution in [1.29, 1.82) is 0 Å². The highest BCUT2D eigenvalue weighted by atomic mass is 35.5. The Morgan fingerprint density at radius 2 is 1.29 bits per heavy atom. The Morgan fingerprint density at radius 1 is 0.824 bits per heavy atom. The van der Waals surface area contributed by atoms with Crippen molar-refractivity contribution in [3.63, 3.8) is 0 Å². The van der Waals surface area contributed by atoms with Crippen LogP contribution in [0.2, 0.25) is 20.4 Å². The Bertz CT molecular complexity index is 545. The third kappa shape index (κ3) is 2.80. The second-order valence-electron chi connectivity index (χ2n) is 3.10. The van der Waals surface area contributed by atoms with Crippen molar-refractivity contribution >= 4 is 46.4 Å². The zero-order valence-electron chi connectivity index (χ0n) is 8.02. The summed E-state index contributed by atoms with van der Waals surface area (Å²) < 4.78 is 13.1. The Kier molecular flexibility index (Phi) is 3.73. The van der Waals surface area contributed by atoms with Gasteiger partial charge >= 0.3 is 0 Å². The molecule has 0 N–H and O–H groups in total. The lowest BCUT2D eigenvalue weighted by molar-refractivity contribution is 0.615. The lowest BCUT2D eigenvalue weighted by Crippen LogP contribution is -1.94. The fourth-order valence-electron chi connectivity index (χ4n) is 1.21. The molecular formula is C10H3Cl4FN2. The van der Waals surface area contributed by atoms with Crippen molar-refractivity contribution in [2.24, 2.45) is 0 Å². The van der Waals surface area contributed by atoms with Gasteiger partial charge in [-0.05, 0) is 18.2 Å². The molecule has 2 rings (SSSR count). The number of benzene rings is 1. The van der Waals surface area contributed by atoms with Gasteiger partial charge in [0, 0.05) is 15.6 Å². The van der Waals surface area contributed by atoms with Crippen LogP contribution >= 0.6 is 46.4 Å². The second kappa shape index (κ2) is 4.94. The SMILES string of the molecule is Fc1c(Cl)nc(-c2cc(Cl)cc(Cl)c2)nc1Cl. The molecule has 0 radical (unpaired) electrons. The molecule has 1 aromatic carbocycles. The number of hydrogen-bond donors (Lipinski definition) is 0. The number of nitrogens with zero attached hydrogens (tertiary/aromatic N) is 2. The van der Waals surface area contributed by atoms with Crippen LogP contribution in [0.3, 0.4) is 0 Å². The van der Waals surface area contributed by atoms with E-state index in [9.17, 15) is 4.39 Å². The van der Waals surface area contributed by atoms with E-state index >= 15 is 0 Å². The van der Waals surface area contributed by atoms with Crippen molar-refractivity contribution in [2.75, 3.05) is 0 Å².